The smallest absolute Gasteiger partial charge is 0.342 e. The van der Waals surface area contributed by atoms with Crippen molar-refractivity contribution in [1.82, 2.24) is 24.6 Å². The number of methoxy groups -OCH3 is 1. The van der Waals surface area contributed by atoms with Gasteiger partial charge in [-0.25, -0.2) is 19.4 Å². The fraction of sp³-hybridized carbons (Fsp3) is 0.348. The number of carbonyl (C=O) groups excluding carboxylic acids is 2. The molecule has 0 unspecified atom stereocenters. The molecule has 9 heteroatoms. The molecular weight excluding hydrogens is 426 g/mol. The summed E-state index contributed by atoms with van der Waals surface area (Å²) in [7, 11) is 3.07. The second kappa shape index (κ2) is 10.4. The van der Waals surface area contributed by atoms with E-state index in [1.54, 1.807) is 29.7 Å². The summed E-state index contributed by atoms with van der Waals surface area (Å²) < 4.78 is 6.67. The molecule has 1 amide bonds. The van der Waals surface area contributed by atoms with E-state index in [1.807, 2.05) is 50.4 Å². The van der Waals surface area contributed by atoms with Gasteiger partial charge in [0.05, 0.1) is 30.4 Å². The summed E-state index contributed by atoms with van der Waals surface area (Å²) in [4.78, 5) is 35.6. The van der Waals surface area contributed by atoms with Crippen LogP contribution in [0.4, 0.5) is 0 Å². The predicted molar refractivity (Wildman–Crippen MR) is 123 cm³/mol. The molecule has 1 aromatic carbocycles. The van der Waals surface area contributed by atoms with E-state index in [4.69, 9.17) is 4.74 Å². The summed E-state index contributed by atoms with van der Waals surface area (Å²) >= 11 is 1.22. The van der Waals surface area contributed by atoms with Crippen molar-refractivity contribution >= 4 is 23.6 Å². The van der Waals surface area contributed by atoms with Gasteiger partial charge in [-0.1, -0.05) is 43.8 Å². The molecule has 0 aliphatic heterocycles. The molecular formula is C23H27N5O3S. The molecule has 0 aliphatic rings. The Morgan fingerprint density at radius 3 is 2.56 bits per heavy atom. The van der Waals surface area contributed by atoms with Crippen LogP contribution in [0.2, 0.25) is 0 Å². The third-order valence-electron chi connectivity index (χ3n) is 4.81. The molecule has 0 N–H and O–H groups in total. The number of carbonyl (C=O) groups is 2. The zero-order valence-electron chi connectivity index (χ0n) is 18.9. The summed E-state index contributed by atoms with van der Waals surface area (Å²) in [5.41, 5.74) is 2.73. The maximum atomic E-state index is 12.8. The van der Waals surface area contributed by atoms with Gasteiger partial charge in [-0.3, -0.25) is 4.79 Å². The number of aromatic nitrogens is 4. The van der Waals surface area contributed by atoms with Gasteiger partial charge in [0.2, 0.25) is 5.91 Å². The third-order valence-corrected chi connectivity index (χ3v) is 5.77. The first-order valence-corrected chi connectivity index (χ1v) is 11.2. The van der Waals surface area contributed by atoms with Crippen molar-refractivity contribution < 1.29 is 14.3 Å². The van der Waals surface area contributed by atoms with Crippen LogP contribution in [0.25, 0.3) is 5.69 Å². The Morgan fingerprint density at radius 2 is 1.91 bits per heavy atom. The number of thioether (sulfide) groups is 1. The first-order chi connectivity index (χ1) is 15.3. The zero-order chi connectivity index (χ0) is 23.3. The molecule has 3 rings (SSSR count). The average Bonchev–Trinajstić information content (AvgIpc) is 3.25. The summed E-state index contributed by atoms with van der Waals surface area (Å²) in [5, 5.41) is 4.84. The van der Waals surface area contributed by atoms with Crippen molar-refractivity contribution in [2.75, 3.05) is 19.9 Å². The SMILES string of the molecule is COC(=O)c1c(C)nc(C(C)C)nc1SCC(=O)N(C)Cc1cnn(-c2ccccc2)c1. The average molecular weight is 454 g/mol. The molecule has 2 aromatic heterocycles. The minimum absolute atomic E-state index is 0.0827. The van der Waals surface area contributed by atoms with Gasteiger partial charge in [-0.05, 0) is 19.1 Å². The van der Waals surface area contributed by atoms with Gasteiger partial charge in [0.1, 0.15) is 16.4 Å². The van der Waals surface area contributed by atoms with Crippen molar-refractivity contribution in [2.24, 2.45) is 0 Å². The predicted octanol–water partition coefficient (Wildman–Crippen LogP) is 3.63. The van der Waals surface area contributed by atoms with E-state index in [2.05, 4.69) is 15.1 Å². The van der Waals surface area contributed by atoms with Crippen LogP contribution in [-0.4, -0.2) is 56.4 Å². The fourth-order valence-electron chi connectivity index (χ4n) is 3.03. The Kier molecular flexibility index (Phi) is 7.63. The number of hydrogen-bond donors (Lipinski definition) is 0. The van der Waals surface area contributed by atoms with E-state index in [-0.39, 0.29) is 17.6 Å². The second-order valence-corrected chi connectivity index (χ2v) is 8.62. The number of para-hydroxylation sites is 1. The first kappa shape index (κ1) is 23.5. The Bertz CT molecular complexity index is 1100. The maximum absolute atomic E-state index is 12.8. The van der Waals surface area contributed by atoms with E-state index in [9.17, 15) is 9.59 Å². The fourth-order valence-corrected chi connectivity index (χ4v) is 4.05. The van der Waals surface area contributed by atoms with Gasteiger partial charge in [-0.2, -0.15) is 5.10 Å². The molecule has 0 saturated carbocycles. The molecule has 0 spiro atoms. The number of nitrogens with zero attached hydrogens (tertiary/aromatic N) is 5. The highest BCUT2D eigenvalue weighted by Gasteiger charge is 2.22. The second-order valence-electron chi connectivity index (χ2n) is 7.66. The lowest BCUT2D eigenvalue weighted by atomic mass is 10.2. The monoisotopic (exact) mass is 453 g/mol. The molecule has 0 bridgehead atoms. The van der Waals surface area contributed by atoms with Crippen molar-refractivity contribution in [3.63, 3.8) is 0 Å². The van der Waals surface area contributed by atoms with Crippen molar-refractivity contribution in [3.05, 3.63) is 65.4 Å². The molecule has 0 radical (unpaired) electrons. The van der Waals surface area contributed by atoms with Gasteiger partial charge in [0.25, 0.3) is 0 Å². The van der Waals surface area contributed by atoms with Crippen molar-refractivity contribution in [3.8, 4) is 5.69 Å². The van der Waals surface area contributed by atoms with Gasteiger partial charge >= 0.3 is 5.97 Å². The van der Waals surface area contributed by atoms with Crippen LogP contribution < -0.4 is 0 Å². The van der Waals surface area contributed by atoms with E-state index in [0.29, 0.717) is 28.7 Å². The van der Waals surface area contributed by atoms with Crippen LogP contribution in [0.5, 0.6) is 0 Å². The molecule has 8 nitrogen and oxygen atoms in total. The van der Waals surface area contributed by atoms with Crippen LogP contribution in [-0.2, 0) is 16.1 Å². The van der Waals surface area contributed by atoms with Crippen LogP contribution in [0.1, 0.15) is 47.2 Å². The minimum Gasteiger partial charge on any atom is -0.465 e. The van der Waals surface area contributed by atoms with Gasteiger partial charge in [0, 0.05) is 31.3 Å². The summed E-state index contributed by atoms with van der Waals surface area (Å²) in [5.74, 6) is 0.280. The highest BCUT2D eigenvalue weighted by atomic mass is 32.2. The number of ether oxygens (including phenoxy) is 1. The molecule has 32 heavy (non-hydrogen) atoms. The standard InChI is InChI=1S/C23H27N5O3S/c1-15(2)21-25-16(3)20(23(30)31-5)22(26-21)32-14-19(29)27(4)12-17-11-24-28(13-17)18-9-7-6-8-10-18/h6-11,13,15H,12,14H2,1-5H3. The number of aryl methyl sites for hydroxylation is 1. The number of hydrogen-bond acceptors (Lipinski definition) is 7. The lowest BCUT2D eigenvalue weighted by Crippen LogP contribution is -2.27. The van der Waals surface area contributed by atoms with E-state index in [1.165, 1.54) is 18.9 Å². The van der Waals surface area contributed by atoms with Crippen LogP contribution >= 0.6 is 11.8 Å². The van der Waals surface area contributed by atoms with Gasteiger partial charge < -0.3 is 9.64 Å². The van der Waals surface area contributed by atoms with Crippen LogP contribution in [0.3, 0.4) is 0 Å². The topological polar surface area (TPSA) is 90.2 Å². The van der Waals surface area contributed by atoms with Crippen molar-refractivity contribution in [1.29, 1.82) is 0 Å². The normalized spacial score (nSPS) is 10.9. The Labute approximate surface area is 192 Å². The molecule has 0 fully saturated rings. The number of amides is 1. The van der Waals surface area contributed by atoms with E-state index in [0.717, 1.165) is 11.3 Å². The summed E-state index contributed by atoms with van der Waals surface area (Å²) in [6.07, 6.45) is 3.66. The molecule has 168 valence electrons. The lowest BCUT2D eigenvalue weighted by molar-refractivity contribution is -0.127. The highest BCUT2D eigenvalue weighted by molar-refractivity contribution is 8.00. The molecule has 3 aromatic rings. The van der Waals surface area contributed by atoms with Crippen LogP contribution in [0, 0.1) is 6.92 Å². The maximum Gasteiger partial charge on any atom is 0.342 e. The quantitative estimate of drug-likeness (QED) is 0.292. The van der Waals surface area contributed by atoms with Gasteiger partial charge in [0.15, 0.2) is 0 Å². The summed E-state index contributed by atoms with van der Waals surface area (Å²) in [6, 6.07) is 9.79. The van der Waals surface area contributed by atoms with E-state index >= 15 is 0 Å². The first-order valence-electron chi connectivity index (χ1n) is 10.2. The molecule has 0 atom stereocenters. The number of benzene rings is 1. The summed E-state index contributed by atoms with van der Waals surface area (Å²) in [6.45, 7) is 6.14. The number of rotatable bonds is 8. The molecule has 2 heterocycles. The van der Waals surface area contributed by atoms with E-state index < -0.39 is 5.97 Å². The highest BCUT2D eigenvalue weighted by Crippen LogP contribution is 2.26. The Hall–Kier alpha value is -3.20. The minimum atomic E-state index is -0.505. The Balaban J connectivity index is 1.69. The lowest BCUT2D eigenvalue weighted by Gasteiger charge is -2.17. The molecule has 0 saturated heterocycles. The number of esters is 1. The van der Waals surface area contributed by atoms with Gasteiger partial charge in [-0.15, -0.1) is 0 Å². The Morgan fingerprint density at radius 1 is 1.19 bits per heavy atom. The molecule has 0 aliphatic carbocycles. The van der Waals surface area contributed by atoms with Crippen molar-refractivity contribution in [2.45, 2.75) is 38.3 Å². The van der Waals surface area contributed by atoms with Crippen LogP contribution in [0.15, 0.2) is 47.8 Å². The largest absolute Gasteiger partial charge is 0.465 e. The third kappa shape index (κ3) is 5.53. The zero-order valence-corrected chi connectivity index (χ0v) is 19.7.